The number of nitrogens with one attached hydrogen (secondary N) is 2. The Morgan fingerprint density at radius 1 is 1.03 bits per heavy atom. The van der Waals surface area contributed by atoms with Crippen LogP contribution >= 0.6 is 0 Å². The number of carbonyl (C=O) groups is 3. The zero-order valence-electron chi connectivity index (χ0n) is 20.0. The van der Waals surface area contributed by atoms with Gasteiger partial charge in [0.05, 0.1) is 6.61 Å². The van der Waals surface area contributed by atoms with Crippen molar-refractivity contribution < 1.29 is 24.2 Å². The first-order chi connectivity index (χ1) is 14.1. The lowest BCUT2D eigenvalue weighted by atomic mass is 9.98. The first-order valence-electron chi connectivity index (χ1n) is 10.4. The molecular weight excluding hydrogens is 398 g/mol. The number of hydrogen-bond donors (Lipinski definition) is 3. The molecule has 0 saturated carbocycles. The molecule has 1 aromatic carbocycles. The van der Waals surface area contributed by atoms with E-state index >= 15 is 0 Å². The number of nitrogens with zero attached hydrogens (tertiary/aromatic N) is 1. The van der Waals surface area contributed by atoms with Crippen molar-refractivity contribution >= 4 is 17.9 Å². The maximum atomic E-state index is 13.2. The minimum atomic E-state index is -0.960. The predicted octanol–water partition coefficient (Wildman–Crippen LogP) is 2.60. The Hall–Kier alpha value is -2.61. The van der Waals surface area contributed by atoms with Gasteiger partial charge in [-0.25, -0.2) is 4.79 Å². The van der Waals surface area contributed by atoms with Crippen LogP contribution in [-0.4, -0.2) is 58.8 Å². The Morgan fingerprint density at radius 3 is 2.03 bits per heavy atom. The minimum Gasteiger partial charge on any atom is -0.444 e. The SMILES string of the molecule is Cc1cc(C)cc(C(C(=O)NC(C)(C)C)N(CCO)C(=O)CNC(=O)OC(C)(C)C)c1. The van der Waals surface area contributed by atoms with Crippen molar-refractivity contribution in [2.24, 2.45) is 0 Å². The Morgan fingerprint density at radius 2 is 1.58 bits per heavy atom. The summed E-state index contributed by atoms with van der Waals surface area (Å²) in [6, 6.07) is 4.71. The third kappa shape index (κ3) is 9.38. The van der Waals surface area contributed by atoms with Gasteiger partial charge in [0.25, 0.3) is 0 Å². The molecule has 0 spiro atoms. The maximum absolute atomic E-state index is 13.2. The molecule has 0 heterocycles. The molecule has 0 aliphatic carbocycles. The van der Waals surface area contributed by atoms with Crippen LogP contribution in [0, 0.1) is 13.8 Å². The van der Waals surface area contributed by atoms with Crippen molar-refractivity contribution in [1.82, 2.24) is 15.5 Å². The molecule has 1 rings (SSSR count). The van der Waals surface area contributed by atoms with E-state index in [4.69, 9.17) is 4.74 Å². The lowest BCUT2D eigenvalue weighted by Gasteiger charge is -2.33. The van der Waals surface area contributed by atoms with E-state index in [1.54, 1.807) is 20.8 Å². The van der Waals surface area contributed by atoms with E-state index in [0.29, 0.717) is 5.56 Å². The summed E-state index contributed by atoms with van der Waals surface area (Å²) < 4.78 is 5.17. The monoisotopic (exact) mass is 435 g/mol. The fourth-order valence-electron chi connectivity index (χ4n) is 3.15. The van der Waals surface area contributed by atoms with Crippen molar-refractivity contribution in [3.8, 4) is 0 Å². The molecule has 3 N–H and O–H groups in total. The van der Waals surface area contributed by atoms with E-state index in [9.17, 15) is 19.5 Å². The van der Waals surface area contributed by atoms with E-state index in [1.165, 1.54) is 4.90 Å². The first kappa shape index (κ1) is 26.4. The van der Waals surface area contributed by atoms with Crippen LogP contribution in [0.15, 0.2) is 18.2 Å². The molecule has 1 atom stereocenters. The van der Waals surface area contributed by atoms with Gasteiger partial charge in [0.15, 0.2) is 0 Å². The van der Waals surface area contributed by atoms with Crippen LogP contribution in [0.25, 0.3) is 0 Å². The Kier molecular flexibility index (Phi) is 9.05. The molecule has 0 fully saturated rings. The molecule has 0 radical (unpaired) electrons. The number of rotatable bonds is 7. The van der Waals surface area contributed by atoms with Crippen LogP contribution in [0.2, 0.25) is 0 Å². The molecule has 1 unspecified atom stereocenters. The van der Waals surface area contributed by atoms with Crippen LogP contribution in [0.5, 0.6) is 0 Å². The molecule has 0 bridgehead atoms. The van der Waals surface area contributed by atoms with Gasteiger partial charge in [0.2, 0.25) is 11.8 Å². The number of aliphatic hydroxyl groups excluding tert-OH is 1. The van der Waals surface area contributed by atoms with Gasteiger partial charge in [-0.15, -0.1) is 0 Å². The Balaban J connectivity index is 3.24. The standard InChI is InChI=1S/C23H37N3O5/c1-15-11-16(2)13-17(12-15)19(20(29)25-22(3,4)5)26(9-10-27)18(28)14-24-21(30)31-23(6,7)8/h11-13,19,27H,9-10,14H2,1-8H3,(H,24,30)(H,25,29). The summed E-state index contributed by atoms with van der Waals surface area (Å²) in [4.78, 5) is 39.5. The van der Waals surface area contributed by atoms with Crippen molar-refractivity contribution in [1.29, 1.82) is 0 Å². The topological polar surface area (TPSA) is 108 Å². The number of aliphatic hydroxyl groups is 1. The van der Waals surface area contributed by atoms with Gasteiger partial charge in [0.1, 0.15) is 18.2 Å². The summed E-state index contributed by atoms with van der Waals surface area (Å²) in [5, 5.41) is 14.9. The van der Waals surface area contributed by atoms with Crippen LogP contribution in [0.4, 0.5) is 4.79 Å². The predicted molar refractivity (Wildman–Crippen MR) is 120 cm³/mol. The van der Waals surface area contributed by atoms with Gasteiger partial charge in [-0.05, 0) is 61.0 Å². The molecular formula is C23H37N3O5. The average molecular weight is 436 g/mol. The lowest BCUT2D eigenvalue weighted by molar-refractivity contribution is -0.141. The van der Waals surface area contributed by atoms with Crippen molar-refractivity contribution in [3.63, 3.8) is 0 Å². The second-order valence-corrected chi connectivity index (χ2v) is 9.73. The van der Waals surface area contributed by atoms with Crippen molar-refractivity contribution in [2.45, 2.75) is 72.6 Å². The summed E-state index contributed by atoms with van der Waals surface area (Å²) in [7, 11) is 0. The molecule has 0 saturated heterocycles. The van der Waals surface area contributed by atoms with E-state index in [-0.39, 0.29) is 25.6 Å². The normalized spacial score (nSPS) is 12.7. The van der Waals surface area contributed by atoms with Crippen LogP contribution < -0.4 is 10.6 Å². The van der Waals surface area contributed by atoms with Crippen molar-refractivity contribution in [2.75, 3.05) is 19.7 Å². The molecule has 0 aliphatic heterocycles. The van der Waals surface area contributed by atoms with Gasteiger partial charge < -0.3 is 25.4 Å². The van der Waals surface area contributed by atoms with E-state index in [0.717, 1.165) is 11.1 Å². The zero-order valence-corrected chi connectivity index (χ0v) is 20.0. The van der Waals surface area contributed by atoms with Gasteiger partial charge in [-0.3, -0.25) is 9.59 Å². The molecule has 8 heteroatoms. The summed E-state index contributed by atoms with van der Waals surface area (Å²) in [6.45, 7) is 13.8. The van der Waals surface area contributed by atoms with Gasteiger partial charge in [-0.1, -0.05) is 29.3 Å². The van der Waals surface area contributed by atoms with E-state index in [2.05, 4.69) is 10.6 Å². The second-order valence-electron chi connectivity index (χ2n) is 9.73. The number of alkyl carbamates (subject to hydrolysis) is 1. The number of ether oxygens (including phenoxy) is 1. The smallest absolute Gasteiger partial charge is 0.408 e. The fraction of sp³-hybridized carbons (Fsp3) is 0.609. The first-order valence-corrected chi connectivity index (χ1v) is 10.4. The number of carbonyl (C=O) groups excluding carboxylic acids is 3. The highest BCUT2D eigenvalue weighted by molar-refractivity contribution is 5.90. The number of amides is 3. The highest BCUT2D eigenvalue weighted by atomic mass is 16.6. The van der Waals surface area contributed by atoms with Gasteiger partial charge in [-0.2, -0.15) is 0 Å². The molecule has 31 heavy (non-hydrogen) atoms. The van der Waals surface area contributed by atoms with E-state index in [1.807, 2.05) is 52.8 Å². The maximum Gasteiger partial charge on any atom is 0.408 e. The fourth-order valence-corrected chi connectivity index (χ4v) is 3.15. The number of benzene rings is 1. The molecule has 0 aromatic heterocycles. The third-order valence-electron chi connectivity index (χ3n) is 4.06. The Labute approximate surface area is 185 Å². The zero-order chi connectivity index (χ0) is 24.0. The average Bonchev–Trinajstić information content (AvgIpc) is 2.55. The Bertz CT molecular complexity index is 773. The second kappa shape index (κ2) is 10.6. The molecule has 8 nitrogen and oxygen atoms in total. The lowest BCUT2D eigenvalue weighted by Crippen LogP contribution is -2.51. The molecule has 3 amide bonds. The molecule has 0 aliphatic rings. The summed E-state index contributed by atoms with van der Waals surface area (Å²) in [5.74, 6) is -0.871. The summed E-state index contributed by atoms with van der Waals surface area (Å²) in [5.41, 5.74) is 1.32. The number of aryl methyl sites for hydroxylation is 2. The van der Waals surface area contributed by atoms with Crippen LogP contribution in [-0.2, 0) is 14.3 Å². The van der Waals surface area contributed by atoms with Gasteiger partial charge >= 0.3 is 6.09 Å². The minimum absolute atomic E-state index is 0.0654. The highest BCUT2D eigenvalue weighted by Gasteiger charge is 2.33. The number of hydrogen-bond acceptors (Lipinski definition) is 5. The van der Waals surface area contributed by atoms with Gasteiger partial charge in [0, 0.05) is 12.1 Å². The van der Waals surface area contributed by atoms with Crippen LogP contribution in [0.1, 0.15) is 64.3 Å². The molecule has 174 valence electrons. The van der Waals surface area contributed by atoms with E-state index < -0.39 is 29.2 Å². The quantitative estimate of drug-likeness (QED) is 0.610. The van der Waals surface area contributed by atoms with Crippen molar-refractivity contribution in [3.05, 3.63) is 34.9 Å². The third-order valence-corrected chi connectivity index (χ3v) is 4.06. The summed E-state index contributed by atoms with van der Waals surface area (Å²) >= 11 is 0. The largest absolute Gasteiger partial charge is 0.444 e. The van der Waals surface area contributed by atoms with Crippen LogP contribution in [0.3, 0.4) is 0 Å². The molecule has 1 aromatic rings. The highest BCUT2D eigenvalue weighted by Crippen LogP contribution is 2.25. The summed E-state index contributed by atoms with van der Waals surface area (Å²) in [6.07, 6.45) is -0.730.